The molecule has 4 N–H and O–H groups in total. The van der Waals surface area contributed by atoms with Crippen molar-refractivity contribution in [3.05, 3.63) is 86.9 Å². The van der Waals surface area contributed by atoms with Crippen LogP contribution in [0.3, 0.4) is 0 Å². The molecule has 0 aliphatic carbocycles. The Kier molecular flexibility index (Phi) is 9.84. The van der Waals surface area contributed by atoms with Gasteiger partial charge >= 0.3 is 16.5 Å². The Bertz CT molecular complexity index is 1080. The van der Waals surface area contributed by atoms with Crippen LogP contribution in [0.1, 0.15) is 5.56 Å². The van der Waals surface area contributed by atoms with Crippen molar-refractivity contribution >= 4 is 35.8 Å². The Hall–Kier alpha value is -3.75. The zero-order valence-electron chi connectivity index (χ0n) is 16.3. The summed E-state index contributed by atoms with van der Waals surface area (Å²) in [4.78, 5) is 10.2. The maximum Gasteiger partial charge on any atom is 2.00 e. The fraction of sp³-hybridized carbons (Fsp3) is 0.0476. The molecule has 10 heteroatoms. The Morgan fingerprint density at radius 3 is 2.19 bits per heavy atom. The SMILES string of the molecule is C1=C[N-]c2c3c(ccc2=C1)=CC=C[N-]3.COc1cccc(/C=N\[N-]C(N)=O)c1[O-].O.[Ni+2]. The third-order valence-electron chi connectivity index (χ3n) is 3.93. The molecule has 2 aliphatic heterocycles. The summed E-state index contributed by atoms with van der Waals surface area (Å²) in [5, 5.41) is 25.8. The van der Waals surface area contributed by atoms with E-state index in [1.165, 1.54) is 19.2 Å². The average molecular weight is 464 g/mol. The molecule has 164 valence electrons. The van der Waals surface area contributed by atoms with Gasteiger partial charge in [0, 0.05) is 6.21 Å². The minimum Gasteiger partial charge on any atom is -0.870 e. The summed E-state index contributed by atoms with van der Waals surface area (Å²) >= 11 is 0. The molecule has 0 bridgehead atoms. The summed E-state index contributed by atoms with van der Waals surface area (Å²) in [5.74, 6) is -0.110. The van der Waals surface area contributed by atoms with E-state index in [4.69, 9.17) is 10.5 Å². The van der Waals surface area contributed by atoms with E-state index in [0.29, 0.717) is 0 Å². The largest absolute Gasteiger partial charge is 2.00 e. The predicted molar refractivity (Wildman–Crippen MR) is 116 cm³/mol. The maximum atomic E-state index is 11.5. The molecule has 2 aromatic carbocycles. The average Bonchev–Trinajstić information content (AvgIpc) is 2.75. The second-order valence-corrected chi connectivity index (χ2v) is 5.78. The van der Waals surface area contributed by atoms with E-state index in [0.717, 1.165) is 28.0 Å². The number of primary amides is 1. The molecule has 0 unspecified atom stereocenters. The van der Waals surface area contributed by atoms with Gasteiger partial charge in [0.1, 0.15) is 5.75 Å². The van der Waals surface area contributed by atoms with Crippen molar-refractivity contribution in [2.75, 3.05) is 7.11 Å². The number of nitrogens with two attached hydrogens (primary N) is 1. The summed E-state index contributed by atoms with van der Waals surface area (Å²) < 4.78 is 4.82. The Morgan fingerprint density at radius 1 is 1.10 bits per heavy atom. The number of rotatable bonds is 3. The van der Waals surface area contributed by atoms with Crippen LogP contribution in [0, 0.1) is 0 Å². The molecule has 2 aliphatic rings. The van der Waals surface area contributed by atoms with Crippen LogP contribution >= 0.6 is 0 Å². The van der Waals surface area contributed by atoms with E-state index in [1.807, 2.05) is 12.2 Å². The molecule has 31 heavy (non-hydrogen) atoms. The zero-order chi connectivity index (χ0) is 20.6. The quantitative estimate of drug-likeness (QED) is 0.419. The van der Waals surface area contributed by atoms with Crippen LogP contribution in [0.15, 0.2) is 60.0 Å². The number of benzene rings is 2. The monoisotopic (exact) mass is 463 g/mol. The first-order valence-electron chi connectivity index (χ1n) is 8.56. The molecule has 0 fully saturated rings. The molecule has 9 nitrogen and oxygen atoms in total. The van der Waals surface area contributed by atoms with Crippen molar-refractivity contribution < 1.29 is 36.6 Å². The van der Waals surface area contributed by atoms with Crippen molar-refractivity contribution in [1.29, 1.82) is 0 Å². The van der Waals surface area contributed by atoms with Crippen molar-refractivity contribution in [3.63, 3.8) is 0 Å². The second-order valence-electron chi connectivity index (χ2n) is 5.78. The van der Waals surface area contributed by atoms with Gasteiger partial charge in [0.25, 0.3) is 0 Å². The molecule has 0 radical (unpaired) electrons. The third-order valence-corrected chi connectivity index (χ3v) is 3.93. The van der Waals surface area contributed by atoms with Gasteiger partial charge < -0.3 is 37.1 Å². The normalized spacial score (nSPS) is 11.9. The van der Waals surface area contributed by atoms with Crippen LogP contribution in [-0.4, -0.2) is 24.8 Å². The molecule has 0 aromatic heterocycles. The van der Waals surface area contributed by atoms with Gasteiger partial charge in [0.15, 0.2) is 6.03 Å². The van der Waals surface area contributed by atoms with E-state index in [1.54, 1.807) is 18.5 Å². The minimum absolute atomic E-state index is 0. The number of hydrogen-bond donors (Lipinski definition) is 1. The number of urea groups is 1. The summed E-state index contributed by atoms with van der Waals surface area (Å²) in [5.41, 5.74) is 10.0. The molecule has 0 spiro atoms. The van der Waals surface area contributed by atoms with Crippen LogP contribution < -0.4 is 26.0 Å². The number of para-hydroxylation sites is 1. The number of hydrogen-bond acceptors (Lipinski definition) is 4. The molecule has 0 saturated heterocycles. The maximum absolute atomic E-state index is 11.5. The number of carbonyl (C=O) groups excluding carboxylic acids is 1. The molecule has 4 rings (SSSR count). The van der Waals surface area contributed by atoms with Gasteiger partial charge in [-0.25, -0.2) is 0 Å². The molecule has 2 heterocycles. The van der Waals surface area contributed by atoms with Crippen molar-refractivity contribution in [2.24, 2.45) is 10.8 Å². The molecule has 2 aromatic rings. The van der Waals surface area contributed by atoms with Crippen LogP contribution in [0.4, 0.5) is 16.2 Å². The van der Waals surface area contributed by atoms with E-state index in [2.05, 4.69) is 45.4 Å². The first kappa shape index (κ1) is 25.3. The first-order chi connectivity index (χ1) is 14.1. The summed E-state index contributed by atoms with van der Waals surface area (Å²) in [6, 6.07) is 7.93. The van der Waals surface area contributed by atoms with Gasteiger partial charge in [0.2, 0.25) is 0 Å². The van der Waals surface area contributed by atoms with Gasteiger partial charge in [-0.05, 0) is 22.1 Å². The standard InChI is InChI=1S/C12H8N2.C9H11N3O3.Ni.H2O/c1-3-9-5-6-10-4-2-8-14-12(10)11(9)13-7-1;1-15-7-4-2-3-6(8(7)13)5-11-12-9(10)14;;/h1-8H;2-5H,1H3,(H4,10,11,12,13,14);;1H2/q-2;;+2;/p-2. The van der Waals surface area contributed by atoms with Crippen LogP contribution in [0.5, 0.6) is 11.5 Å². The summed E-state index contributed by atoms with van der Waals surface area (Å²) in [7, 11) is 1.39. The van der Waals surface area contributed by atoms with E-state index >= 15 is 0 Å². The number of ether oxygens (including phenoxy) is 1. The summed E-state index contributed by atoms with van der Waals surface area (Å²) in [6.07, 6.45) is 12.7. The number of allylic oxidation sites excluding steroid dienone is 2. The van der Waals surface area contributed by atoms with E-state index in [-0.39, 0.29) is 39.0 Å². The fourth-order valence-corrected chi connectivity index (χ4v) is 2.62. The molecular weight excluding hydrogens is 445 g/mol. The fourth-order valence-electron chi connectivity index (χ4n) is 2.62. The topological polar surface area (TPSA) is 162 Å². The van der Waals surface area contributed by atoms with Crippen molar-refractivity contribution in [1.82, 2.24) is 0 Å². The molecule has 2 amide bonds. The van der Waals surface area contributed by atoms with Crippen molar-refractivity contribution in [3.8, 4) is 11.5 Å². The number of carbonyl (C=O) groups is 1. The van der Waals surface area contributed by atoms with E-state index < -0.39 is 6.03 Å². The van der Waals surface area contributed by atoms with Crippen LogP contribution in [0.25, 0.3) is 28.2 Å². The van der Waals surface area contributed by atoms with Crippen LogP contribution in [-0.2, 0) is 16.5 Å². The molecule has 0 atom stereocenters. The number of fused-ring (bicyclic) bond motifs is 3. The number of amides is 2. The molecular formula is C21H19N5NiO4-2. The minimum atomic E-state index is -0.915. The molecule has 0 saturated carbocycles. The number of nitrogens with zero attached hydrogens (tertiary/aromatic N) is 4. The number of methoxy groups -OCH3 is 1. The zero-order valence-corrected chi connectivity index (χ0v) is 17.3. The van der Waals surface area contributed by atoms with Crippen LogP contribution in [0.2, 0.25) is 0 Å². The third kappa shape index (κ3) is 6.37. The van der Waals surface area contributed by atoms with Crippen molar-refractivity contribution in [2.45, 2.75) is 0 Å². The Balaban J connectivity index is 0.000000291. The van der Waals surface area contributed by atoms with Gasteiger partial charge in [-0.2, -0.15) is 12.4 Å². The van der Waals surface area contributed by atoms with Gasteiger partial charge in [-0.15, -0.1) is 11.4 Å². The summed E-state index contributed by atoms with van der Waals surface area (Å²) in [6.45, 7) is 0. The smallest absolute Gasteiger partial charge is 0.870 e. The first-order valence-corrected chi connectivity index (χ1v) is 8.56. The second kappa shape index (κ2) is 12.1. The Labute approximate surface area is 188 Å². The van der Waals surface area contributed by atoms with E-state index in [9.17, 15) is 9.90 Å². The van der Waals surface area contributed by atoms with Gasteiger partial charge in [0.05, 0.1) is 7.11 Å². The van der Waals surface area contributed by atoms with Gasteiger partial charge in [-0.1, -0.05) is 54.3 Å². The van der Waals surface area contributed by atoms with Gasteiger partial charge in [-0.3, -0.25) is 9.90 Å². The predicted octanol–water partition coefficient (Wildman–Crippen LogP) is 2.04. The Morgan fingerprint density at radius 2 is 1.68 bits per heavy atom.